The van der Waals surface area contributed by atoms with Crippen molar-refractivity contribution in [3.63, 3.8) is 0 Å². The molecular weight excluding hydrogens is 578 g/mol. The molecule has 254 valence electrons. The van der Waals surface area contributed by atoms with Gasteiger partial charge >= 0.3 is 0 Å². The third-order valence-corrected chi connectivity index (χ3v) is 29.9. The van der Waals surface area contributed by atoms with Crippen LogP contribution in [-0.2, 0) is 0 Å². The average molecular weight is 653 g/mol. The standard InChI is InChI=1S/C37H68P2.C6H6/c1-7-19-32(20-8-1)38(33-21-9-2-10-22-33,34-23-11-3-12-24-34)31-39(35-25-13-4-14-26-35,36-27-15-5-16-28-36)37-29-17-6-18-30-37;1-2-4-6-5-3-1/h32-37H,1-31H2;1-6H/q+2;. The summed E-state index contributed by atoms with van der Waals surface area (Å²) >= 11 is 0. The maximum atomic E-state index is 2.00. The molecule has 0 aliphatic heterocycles. The first-order chi connectivity index (χ1) is 22.3. The lowest BCUT2D eigenvalue weighted by Crippen LogP contribution is -2.44. The van der Waals surface area contributed by atoms with Gasteiger partial charge in [0, 0.05) is 0 Å². The summed E-state index contributed by atoms with van der Waals surface area (Å²) in [6.07, 6.45) is 48.8. The normalized spacial score (nSPS) is 26.7. The summed E-state index contributed by atoms with van der Waals surface area (Å²) in [6.45, 7) is 0. The molecule has 1 aromatic carbocycles. The Morgan fingerprint density at radius 3 is 0.556 bits per heavy atom. The van der Waals surface area contributed by atoms with Crippen molar-refractivity contribution >= 4 is 14.5 Å². The number of rotatable bonds is 8. The lowest BCUT2D eigenvalue weighted by atomic mass is 9.99. The molecule has 0 radical (unpaired) electrons. The summed E-state index contributed by atoms with van der Waals surface area (Å²) in [5, 5.41) is 0. The molecule has 0 nitrogen and oxygen atoms in total. The molecule has 6 aliphatic carbocycles. The molecular formula is C43H74P2+2. The molecule has 0 unspecified atom stereocenters. The van der Waals surface area contributed by atoms with Crippen LogP contribution in [0.2, 0.25) is 0 Å². The Morgan fingerprint density at radius 2 is 0.400 bits per heavy atom. The molecule has 0 amide bonds. The van der Waals surface area contributed by atoms with Gasteiger partial charge in [-0.2, -0.15) is 0 Å². The molecule has 0 spiro atoms. The van der Waals surface area contributed by atoms with Crippen molar-refractivity contribution in [2.24, 2.45) is 0 Å². The van der Waals surface area contributed by atoms with E-state index in [1.54, 1.807) is 193 Å². The van der Waals surface area contributed by atoms with E-state index in [0.29, 0.717) is 0 Å². The second-order valence-corrected chi connectivity index (χ2v) is 26.5. The van der Waals surface area contributed by atoms with Crippen LogP contribution in [0.25, 0.3) is 0 Å². The van der Waals surface area contributed by atoms with Crippen LogP contribution in [0.3, 0.4) is 0 Å². The van der Waals surface area contributed by atoms with Gasteiger partial charge in [-0.3, -0.25) is 0 Å². The van der Waals surface area contributed by atoms with E-state index in [0.717, 1.165) is 0 Å². The third kappa shape index (κ3) is 8.46. The van der Waals surface area contributed by atoms with E-state index in [-0.39, 0.29) is 0 Å². The number of hydrogen-bond acceptors (Lipinski definition) is 0. The zero-order valence-corrected chi connectivity index (χ0v) is 31.5. The fourth-order valence-corrected chi connectivity index (χ4v) is 33.1. The van der Waals surface area contributed by atoms with Crippen molar-refractivity contribution < 1.29 is 0 Å². The lowest BCUT2D eigenvalue weighted by molar-refractivity contribution is 0.445. The van der Waals surface area contributed by atoms with Crippen LogP contribution < -0.4 is 0 Å². The van der Waals surface area contributed by atoms with Gasteiger partial charge in [0.2, 0.25) is 0 Å². The van der Waals surface area contributed by atoms with Gasteiger partial charge < -0.3 is 0 Å². The molecule has 6 aliphatic rings. The van der Waals surface area contributed by atoms with Crippen LogP contribution in [0.5, 0.6) is 0 Å². The van der Waals surface area contributed by atoms with E-state index in [1.807, 2.05) is 42.3 Å². The summed E-state index contributed by atoms with van der Waals surface area (Å²) < 4.78 is 0. The molecule has 0 heterocycles. The highest BCUT2D eigenvalue weighted by atomic mass is 31.2. The van der Waals surface area contributed by atoms with Crippen LogP contribution in [0.15, 0.2) is 36.4 Å². The predicted molar refractivity (Wildman–Crippen MR) is 206 cm³/mol. The lowest BCUT2D eigenvalue weighted by Gasteiger charge is -2.55. The van der Waals surface area contributed by atoms with Crippen molar-refractivity contribution in [3.8, 4) is 0 Å². The van der Waals surface area contributed by atoms with Gasteiger partial charge in [-0.25, -0.2) is 0 Å². The fourth-order valence-electron chi connectivity index (χ4n) is 12.7. The van der Waals surface area contributed by atoms with Crippen molar-refractivity contribution in [1.82, 2.24) is 0 Å². The molecule has 0 bridgehead atoms. The van der Waals surface area contributed by atoms with E-state index < -0.39 is 14.5 Å². The maximum absolute atomic E-state index is 2.00. The Hall–Kier alpha value is 0.0800. The van der Waals surface area contributed by atoms with Crippen molar-refractivity contribution in [2.75, 3.05) is 5.90 Å². The SMILES string of the molecule is C1CCC([P+](C[P+](C2CCCCC2)(C2CCCCC2)C2CCCCC2)(C2CCCCC2)C2CCCCC2)CC1.c1ccccc1. The molecule has 45 heavy (non-hydrogen) atoms. The molecule has 6 saturated carbocycles. The molecule has 2 heteroatoms. The van der Waals surface area contributed by atoms with Gasteiger partial charge in [0.05, 0.1) is 48.5 Å². The smallest absolute Gasteiger partial charge is 0.0623 e. The Bertz CT molecular complexity index is 729. The first-order valence-corrected chi connectivity index (χ1v) is 25.4. The molecule has 1 aromatic rings. The van der Waals surface area contributed by atoms with E-state index in [9.17, 15) is 0 Å². The largest absolute Gasteiger partial charge is 0.161 e. The van der Waals surface area contributed by atoms with Crippen LogP contribution in [0.1, 0.15) is 193 Å². The van der Waals surface area contributed by atoms with Gasteiger partial charge in [0.25, 0.3) is 0 Å². The fraction of sp³-hybridized carbons (Fsp3) is 0.860. The molecule has 0 N–H and O–H groups in total. The Balaban J connectivity index is 0.000000535. The van der Waals surface area contributed by atoms with Gasteiger partial charge in [0.15, 0.2) is 5.90 Å². The van der Waals surface area contributed by atoms with Gasteiger partial charge in [0.1, 0.15) is 0 Å². The second-order valence-electron chi connectivity index (χ2n) is 17.0. The van der Waals surface area contributed by atoms with Crippen molar-refractivity contribution in [3.05, 3.63) is 36.4 Å². The summed E-state index contributed by atoms with van der Waals surface area (Å²) in [5.74, 6) is 1.96. The van der Waals surface area contributed by atoms with Crippen LogP contribution in [0.4, 0.5) is 0 Å². The average Bonchev–Trinajstić information content (AvgIpc) is 3.16. The number of benzene rings is 1. The molecule has 0 saturated heterocycles. The van der Waals surface area contributed by atoms with Gasteiger partial charge in [-0.15, -0.1) is 0 Å². The van der Waals surface area contributed by atoms with E-state index in [4.69, 9.17) is 0 Å². The predicted octanol–water partition coefficient (Wildman–Crippen LogP) is 14.7. The van der Waals surface area contributed by atoms with Crippen LogP contribution in [-0.4, -0.2) is 39.9 Å². The van der Waals surface area contributed by atoms with Crippen molar-refractivity contribution in [2.45, 2.75) is 227 Å². The van der Waals surface area contributed by atoms with Crippen LogP contribution >= 0.6 is 14.5 Å². The Kier molecular flexibility index (Phi) is 14.1. The number of hydrogen-bond donors (Lipinski definition) is 0. The maximum Gasteiger partial charge on any atom is 0.161 e. The van der Waals surface area contributed by atoms with E-state index in [1.165, 1.54) is 34.0 Å². The van der Waals surface area contributed by atoms with Crippen molar-refractivity contribution in [1.29, 1.82) is 0 Å². The monoisotopic (exact) mass is 653 g/mol. The second kappa shape index (κ2) is 18.2. The highest BCUT2D eigenvalue weighted by Gasteiger charge is 2.68. The summed E-state index contributed by atoms with van der Waals surface area (Å²) in [7, 11) is -1.99. The zero-order valence-electron chi connectivity index (χ0n) is 29.7. The minimum Gasteiger partial charge on any atom is -0.0623 e. The topological polar surface area (TPSA) is 0 Å². The summed E-state index contributed by atoms with van der Waals surface area (Å²) in [6, 6.07) is 12.0. The van der Waals surface area contributed by atoms with Crippen LogP contribution in [0, 0.1) is 0 Å². The first-order valence-electron chi connectivity index (χ1n) is 21.1. The zero-order chi connectivity index (χ0) is 30.6. The van der Waals surface area contributed by atoms with E-state index in [2.05, 4.69) is 0 Å². The van der Waals surface area contributed by atoms with Gasteiger partial charge in [-0.05, 0) is 154 Å². The summed E-state index contributed by atoms with van der Waals surface area (Å²) in [5.41, 5.74) is 7.29. The highest BCUT2D eigenvalue weighted by Crippen LogP contribution is 2.90. The minimum absolute atomic E-state index is 0.994. The quantitative estimate of drug-likeness (QED) is 0.245. The molecule has 0 aromatic heterocycles. The molecule has 6 fully saturated rings. The Labute approximate surface area is 282 Å². The Morgan fingerprint density at radius 1 is 0.244 bits per heavy atom. The van der Waals surface area contributed by atoms with E-state index >= 15 is 0 Å². The highest BCUT2D eigenvalue weighted by molar-refractivity contribution is 7.93. The minimum atomic E-state index is -0.994. The van der Waals surface area contributed by atoms with Gasteiger partial charge in [-0.1, -0.05) is 74.9 Å². The third-order valence-electron chi connectivity index (χ3n) is 14.7. The summed E-state index contributed by atoms with van der Waals surface area (Å²) in [4.78, 5) is 0. The molecule has 7 rings (SSSR count). The first kappa shape index (κ1) is 34.9. The molecule has 0 atom stereocenters.